The monoisotopic (exact) mass is 351 g/mol. The standard InChI is InChI=1S/C20H21N3OS/c1-12-5-8-17(15(4)9-12)18-11-25-20(22-18)23-19(24)21-16-7-6-13(2)14(3)10-16/h5-11H,1-4H3,(H2,21,22,23,24). The summed E-state index contributed by atoms with van der Waals surface area (Å²) in [5.41, 5.74) is 7.48. The second-order valence-electron chi connectivity index (χ2n) is 6.23. The Morgan fingerprint density at radius 2 is 1.72 bits per heavy atom. The number of thiazole rings is 1. The lowest BCUT2D eigenvalue weighted by Gasteiger charge is -2.07. The number of nitrogens with zero attached hydrogens (tertiary/aromatic N) is 1. The zero-order valence-electron chi connectivity index (χ0n) is 14.8. The topological polar surface area (TPSA) is 54.0 Å². The maximum atomic E-state index is 12.2. The Kier molecular flexibility index (Phi) is 4.86. The van der Waals surface area contributed by atoms with Gasteiger partial charge >= 0.3 is 6.03 Å². The number of benzene rings is 2. The summed E-state index contributed by atoms with van der Waals surface area (Å²) in [4.78, 5) is 16.7. The number of carbonyl (C=O) groups excluding carboxylic acids is 1. The lowest BCUT2D eigenvalue weighted by Crippen LogP contribution is -2.19. The highest BCUT2D eigenvalue weighted by Gasteiger charge is 2.10. The average molecular weight is 351 g/mol. The fourth-order valence-corrected chi connectivity index (χ4v) is 3.34. The van der Waals surface area contributed by atoms with Crippen LogP contribution in [0.3, 0.4) is 0 Å². The van der Waals surface area contributed by atoms with E-state index in [0.29, 0.717) is 5.13 Å². The minimum absolute atomic E-state index is 0.287. The van der Waals surface area contributed by atoms with Crippen molar-refractivity contribution in [3.63, 3.8) is 0 Å². The van der Waals surface area contributed by atoms with Gasteiger partial charge in [-0.3, -0.25) is 5.32 Å². The zero-order valence-corrected chi connectivity index (χ0v) is 15.6. The molecule has 0 aliphatic carbocycles. The molecule has 0 saturated heterocycles. The summed E-state index contributed by atoms with van der Waals surface area (Å²) in [6, 6.07) is 11.8. The fraction of sp³-hybridized carbons (Fsp3) is 0.200. The van der Waals surface area contributed by atoms with Crippen LogP contribution in [0.15, 0.2) is 41.8 Å². The summed E-state index contributed by atoms with van der Waals surface area (Å²) < 4.78 is 0. The molecule has 0 bridgehead atoms. The summed E-state index contributed by atoms with van der Waals surface area (Å²) in [7, 11) is 0. The van der Waals surface area contributed by atoms with Gasteiger partial charge in [-0.2, -0.15) is 0 Å². The van der Waals surface area contributed by atoms with Crippen LogP contribution in [-0.4, -0.2) is 11.0 Å². The SMILES string of the molecule is Cc1ccc(-c2csc(NC(=O)Nc3ccc(C)c(C)c3)n2)c(C)c1. The van der Waals surface area contributed by atoms with Gasteiger partial charge < -0.3 is 5.32 Å². The molecule has 25 heavy (non-hydrogen) atoms. The first-order valence-corrected chi connectivity index (χ1v) is 8.99. The molecule has 0 saturated carbocycles. The molecule has 0 spiro atoms. The van der Waals surface area contributed by atoms with Crippen molar-refractivity contribution in [1.29, 1.82) is 0 Å². The van der Waals surface area contributed by atoms with E-state index in [9.17, 15) is 4.79 Å². The third kappa shape index (κ3) is 4.06. The number of hydrogen-bond acceptors (Lipinski definition) is 3. The highest BCUT2D eigenvalue weighted by Crippen LogP contribution is 2.28. The molecule has 2 N–H and O–H groups in total. The number of urea groups is 1. The molecule has 1 heterocycles. The molecule has 3 rings (SSSR count). The molecule has 0 unspecified atom stereocenters. The van der Waals surface area contributed by atoms with E-state index < -0.39 is 0 Å². The number of aryl methyl sites for hydroxylation is 4. The zero-order chi connectivity index (χ0) is 18.0. The van der Waals surface area contributed by atoms with Crippen molar-refractivity contribution >= 4 is 28.2 Å². The van der Waals surface area contributed by atoms with Crippen LogP contribution in [0.2, 0.25) is 0 Å². The summed E-state index contributed by atoms with van der Waals surface area (Å²) in [6.45, 7) is 8.21. The molecular weight excluding hydrogens is 330 g/mol. The highest BCUT2D eigenvalue weighted by molar-refractivity contribution is 7.14. The van der Waals surface area contributed by atoms with Crippen LogP contribution in [-0.2, 0) is 0 Å². The fourth-order valence-electron chi connectivity index (χ4n) is 2.63. The molecule has 1 aromatic heterocycles. The first-order chi connectivity index (χ1) is 11.9. The van der Waals surface area contributed by atoms with Gasteiger partial charge in [-0.15, -0.1) is 11.3 Å². The van der Waals surface area contributed by atoms with Gasteiger partial charge in [0.15, 0.2) is 5.13 Å². The maximum absolute atomic E-state index is 12.2. The normalized spacial score (nSPS) is 10.6. The van der Waals surface area contributed by atoms with Gasteiger partial charge in [-0.1, -0.05) is 29.8 Å². The van der Waals surface area contributed by atoms with E-state index in [2.05, 4.69) is 47.7 Å². The Morgan fingerprint density at radius 1 is 0.920 bits per heavy atom. The van der Waals surface area contributed by atoms with Crippen molar-refractivity contribution in [1.82, 2.24) is 4.98 Å². The quantitative estimate of drug-likeness (QED) is 0.637. The Balaban J connectivity index is 1.70. The molecule has 2 amide bonds. The van der Waals surface area contributed by atoms with Crippen molar-refractivity contribution in [2.45, 2.75) is 27.7 Å². The van der Waals surface area contributed by atoms with Crippen LogP contribution in [0.25, 0.3) is 11.3 Å². The van der Waals surface area contributed by atoms with Crippen LogP contribution in [0.5, 0.6) is 0 Å². The Labute approximate surface area is 151 Å². The third-order valence-corrected chi connectivity index (χ3v) is 4.91. The minimum Gasteiger partial charge on any atom is -0.308 e. The molecule has 0 fully saturated rings. The molecule has 128 valence electrons. The van der Waals surface area contributed by atoms with Gasteiger partial charge in [-0.25, -0.2) is 9.78 Å². The van der Waals surface area contributed by atoms with E-state index in [1.165, 1.54) is 28.0 Å². The minimum atomic E-state index is -0.287. The molecular formula is C20H21N3OS. The summed E-state index contributed by atoms with van der Waals surface area (Å²) in [6.07, 6.45) is 0. The van der Waals surface area contributed by atoms with Gasteiger partial charge in [0.2, 0.25) is 0 Å². The van der Waals surface area contributed by atoms with Crippen molar-refractivity contribution in [2.75, 3.05) is 10.6 Å². The van der Waals surface area contributed by atoms with Crippen LogP contribution in [0.4, 0.5) is 15.6 Å². The molecule has 0 aliphatic heterocycles. The Hall–Kier alpha value is -2.66. The first-order valence-electron chi connectivity index (χ1n) is 8.11. The third-order valence-electron chi connectivity index (χ3n) is 4.15. The highest BCUT2D eigenvalue weighted by atomic mass is 32.1. The van der Waals surface area contributed by atoms with Crippen LogP contribution >= 0.6 is 11.3 Å². The van der Waals surface area contributed by atoms with E-state index in [4.69, 9.17) is 0 Å². The number of anilines is 2. The summed E-state index contributed by atoms with van der Waals surface area (Å²) in [5, 5.41) is 8.19. The number of nitrogens with one attached hydrogen (secondary N) is 2. The molecule has 0 aliphatic rings. The summed E-state index contributed by atoms with van der Waals surface area (Å²) >= 11 is 1.42. The van der Waals surface area contributed by atoms with Crippen LogP contribution in [0, 0.1) is 27.7 Å². The lowest BCUT2D eigenvalue weighted by atomic mass is 10.0. The van der Waals surface area contributed by atoms with Gasteiger partial charge in [0.05, 0.1) is 5.69 Å². The summed E-state index contributed by atoms with van der Waals surface area (Å²) in [5.74, 6) is 0. The van der Waals surface area contributed by atoms with Crippen molar-refractivity contribution in [2.24, 2.45) is 0 Å². The van der Waals surface area contributed by atoms with Crippen molar-refractivity contribution in [3.05, 3.63) is 64.0 Å². The predicted octanol–water partition coefficient (Wildman–Crippen LogP) is 5.69. The first kappa shape index (κ1) is 17.2. The number of hydrogen-bond donors (Lipinski definition) is 2. The second kappa shape index (κ2) is 7.07. The largest absolute Gasteiger partial charge is 0.325 e. The van der Waals surface area contributed by atoms with E-state index in [1.54, 1.807) is 0 Å². The Bertz CT molecular complexity index is 930. The van der Waals surface area contributed by atoms with Gasteiger partial charge in [0.1, 0.15) is 0 Å². The van der Waals surface area contributed by atoms with Crippen LogP contribution < -0.4 is 10.6 Å². The molecule has 0 radical (unpaired) electrons. The number of aromatic nitrogens is 1. The number of rotatable bonds is 3. The molecule has 2 aromatic carbocycles. The van der Waals surface area contributed by atoms with Crippen molar-refractivity contribution in [3.8, 4) is 11.3 Å². The van der Waals surface area contributed by atoms with Gasteiger partial charge in [0, 0.05) is 16.6 Å². The van der Waals surface area contributed by atoms with Crippen molar-refractivity contribution < 1.29 is 4.79 Å². The van der Waals surface area contributed by atoms with Gasteiger partial charge in [0.25, 0.3) is 0 Å². The molecule has 5 heteroatoms. The smallest absolute Gasteiger partial charge is 0.308 e. The predicted molar refractivity (Wildman–Crippen MR) is 106 cm³/mol. The molecule has 3 aromatic rings. The van der Waals surface area contributed by atoms with E-state index in [1.807, 2.05) is 37.4 Å². The van der Waals surface area contributed by atoms with Gasteiger partial charge in [-0.05, 0) is 56.5 Å². The second-order valence-corrected chi connectivity index (χ2v) is 7.09. The Morgan fingerprint density at radius 3 is 2.44 bits per heavy atom. The lowest BCUT2D eigenvalue weighted by molar-refractivity contribution is 0.262. The van der Waals surface area contributed by atoms with E-state index >= 15 is 0 Å². The molecule has 4 nitrogen and oxygen atoms in total. The number of carbonyl (C=O) groups is 1. The molecule has 0 atom stereocenters. The van der Waals surface area contributed by atoms with E-state index in [0.717, 1.165) is 22.5 Å². The van der Waals surface area contributed by atoms with Crippen LogP contribution in [0.1, 0.15) is 22.3 Å². The maximum Gasteiger partial charge on any atom is 0.325 e. The van der Waals surface area contributed by atoms with E-state index in [-0.39, 0.29) is 6.03 Å². The average Bonchev–Trinajstić information content (AvgIpc) is 2.99. The number of amides is 2.